The number of rotatable bonds is 6. The first kappa shape index (κ1) is 12.4. The lowest BCUT2D eigenvalue weighted by atomic mass is 9.83. The van der Waals surface area contributed by atoms with Crippen LogP contribution >= 0.6 is 0 Å². The first-order valence-corrected chi connectivity index (χ1v) is 7.24. The van der Waals surface area contributed by atoms with Crippen molar-refractivity contribution in [2.75, 3.05) is 33.2 Å². The second kappa shape index (κ2) is 6.61. The van der Waals surface area contributed by atoms with Gasteiger partial charge in [-0.2, -0.15) is 0 Å². The molecule has 0 aromatic rings. The van der Waals surface area contributed by atoms with E-state index in [1.807, 2.05) is 0 Å². The Morgan fingerprint density at radius 2 is 1.69 bits per heavy atom. The van der Waals surface area contributed by atoms with E-state index in [-0.39, 0.29) is 0 Å². The van der Waals surface area contributed by atoms with Crippen molar-refractivity contribution in [3.8, 4) is 0 Å². The zero-order valence-corrected chi connectivity index (χ0v) is 10.9. The van der Waals surface area contributed by atoms with Crippen molar-refractivity contribution < 1.29 is 0 Å². The van der Waals surface area contributed by atoms with Crippen molar-refractivity contribution in [3.05, 3.63) is 0 Å². The molecule has 1 atom stereocenters. The highest BCUT2D eigenvalue weighted by atomic mass is 15.1. The summed E-state index contributed by atoms with van der Waals surface area (Å²) in [7, 11) is 2.30. The van der Waals surface area contributed by atoms with Crippen LogP contribution in [-0.4, -0.2) is 38.1 Å². The molecule has 1 N–H and O–H groups in total. The molecule has 0 spiro atoms. The Balaban J connectivity index is 1.50. The molecule has 0 aromatic carbocycles. The van der Waals surface area contributed by atoms with Gasteiger partial charge in [-0.3, -0.25) is 0 Å². The average molecular weight is 224 g/mol. The van der Waals surface area contributed by atoms with Gasteiger partial charge in [0.25, 0.3) is 0 Å². The maximum atomic E-state index is 3.51. The number of hydrogen-bond acceptors (Lipinski definition) is 2. The van der Waals surface area contributed by atoms with E-state index in [1.165, 1.54) is 71.1 Å². The van der Waals surface area contributed by atoms with E-state index in [2.05, 4.69) is 17.3 Å². The fourth-order valence-corrected chi connectivity index (χ4v) is 2.87. The lowest BCUT2D eigenvalue weighted by molar-refractivity contribution is 0.223. The first-order chi connectivity index (χ1) is 7.84. The maximum Gasteiger partial charge on any atom is -0.00187 e. The number of nitrogens with one attached hydrogen (secondary N) is 1. The minimum atomic E-state index is 0.944. The van der Waals surface area contributed by atoms with Gasteiger partial charge in [0.15, 0.2) is 0 Å². The number of hydrogen-bond donors (Lipinski definition) is 1. The first-order valence-electron chi connectivity index (χ1n) is 7.24. The smallest absolute Gasteiger partial charge is 0.00187 e. The van der Waals surface area contributed by atoms with Crippen LogP contribution < -0.4 is 5.32 Å². The molecule has 1 saturated heterocycles. The molecule has 1 aliphatic heterocycles. The highest BCUT2D eigenvalue weighted by Gasteiger charge is 2.18. The van der Waals surface area contributed by atoms with Crippen molar-refractivity contribution >= 4 is 0 Å². The van der Waals surface area contributed by atoms with Gasteiger partial charge < -0.3 is 10.2 Å². The standard InChI is InChI=1S/C14H28N2/c1-16(10-7-13-4-2-5-13)11-8-14-6-3-9-15-12-14/h13-15H,2-12H2,1H3. The summed E-state index contributed by atoms with van der Waals surface area (Å²) in [4.78, 5) is 2.55. The van der Waals surface area contributed by atoms with Crippen LogP contribution in [0.2, 0.25) is 0 Å². The lowest BCUT2D eigenvalue weighted by Gasteiger charge is -2.29. The Labute approximate surface area is 101 Å². The molecule has 0 radical (unpaired) electrons. The topological polar surface area (TPSA) is 15.3 Å². The van der Waals surface area contributed by atoms with Crippen molar-refractivity contribution in [2.24, 2.45) is 11.8 Å². The molecule has 2 heteroatoms. The summed E-state index contributed by atoms with van der Waals surface area (Å²) in [6.07, 6.45) is 10.2. The fourth-order valence-electron chi connectivity index (χ4n) is 2.87. The second-order valence-corrected chi connectivity index (χ2v) is 5.89. The predicted molar refractivity (Wildman–Crippen MR) is 69.7 cm³/mol. The Morgan fingerprint density at radius 3 is 2.25 bits per heavy atom. The van der Waals surface area contributed by atoms with Crippen LogP contribution in [0, 0.1) is 11.8 Å². The molecule has 2 fully saturated rings. The van der Waals surface area contributed by atoms with Crippen LogP contribution in [0.3, 0.4) is 0 Å². The van der Waals surface area contributed by atoms with E-state index in [0.29, 0.717) is 0 Å². The van der Waals surface area contributed by atoms with Crippen LogP contribution in [0.1, 0.15) is 44.9 Å². The van der Waals surface area contributed by atoms with Crippen molar-refractivity contribution in [3.63, 3.8) is 0 Å². The van der Waals surface area contributed by atoms with Crippen molar-refractivity contribution in [2.45, 2.75) is 44.9 Å². The van der Waals surface area contributed by atoms with E-state index >= 15 is 0 Å². The quantitative estimate of drug-likeness (QED) is 0.746. The zero-order valence-electron chi connectivity index (χ0n) is 10.9. The van der Waals surface area contributed by atoms with Crippen molar-refractivity contribution in [1.82, 2.24) is 10.2 Å². The van der Waals surface area contributed by atoms with Crippen LogP contribution in [0.4, 0.5) is 0 Å². The van der Waals surface area contributed by atoms with Crippen LogP contribution in [0.25, 0.3) is 0 Å². The molecule has 1 aliphatic carbocycles. The average Bonchev–Trinajstić information content (AvgIpc) is 2.26. The molecule has 1 unspecified atom stereocenters. The van der Waals surface area contributed by atoms with Gasteiger partial charge in [0.1, 0.15) is 0 Å². The van der Waals surface area contributed by atoms with Gasteiger partial charge >= 0.3 is 0 Å². The summed E-state index contributed by atoms with van der Waals surface area (Å²) in [6, 6.07) is 0. The predicted octanol–water partition coefficient (Wildman–Crippen LogP) is 2.50. The molecule has 0 amide bonds. The second-order valence-electron chi connectivity index (χ2n) is 5.89. The minimum Gasteiger partial charge on any atom is -0.316 e. The summed E-state index contributed by atoms with van der Waals surface area (Å²) in [5, 5.41) is 3.51. The van der Waals surface area contributed by atoms with Gasteiger partial charge in [0, 0.05) is 0 Å². The maximum absolute atomic E-state index is 3.51. The normalized spacial score (nSPS) is 27.0. The SMILES string of the molecule is CN(CCC1CCC1)CCC1CCCNC1. The van der Waals surface area contributed by atoms with Gasteiger partial charge in [-0.1, -0.05) is 19.3 Å². The Hall–Kier alpha value is -0.0800. The highest BCUT2D eigenvalue weighted by molar-refractivity contribution is 4.72. The third-order valence-electron chi connectivity index (χ3n) is 4.46. The lowest BCUT2D eigenvalue weighted by Crippen LogP contribution is -2.33. The fraction of sp³-hybridized carbons (Fsp3) is 1.00. The molecular weight excluding hydrogens is 196 g/mol. The molecule has 16 heavy (non-hydrogen) atoms. The molecule has 1 saturated carbocycles. The van der Waals surface area contributed by atoms with Crippen LogP contribution in [-0.2, 0) is 0 Å². The van der Waals surface area contributed by atoms with Gasteiger partial charge in [-0.25, -0.2) is 0 Å². The Kier molecular flexibility index (Phi) is 5.11. The van der Waals surface area contributed by atoms with E-state index in [9.17, 15) is 0 Å². The van der Waals surface area contributed by atoms with Gasteiger partial charge in [-0.15, -0.1) is 0 Å². The third-order valence-corrected chi connectivity index (χ3v) is 4.46. The van der Waals surface area contributed by atoms with Crippen LogP contribution in [0.5, 0.6) is 0 Å². The minimum absolute atomic E-state index is 0.944. The van der Waals surface area contributed by atoms with Crippen molar-refractivity contribution in [1.29, 1.82) is 0 Å². The number of nitrogens with zero attached hydrogens (tertiary/aromatic N) is 1. The van der Waals surface area contributed by atoms with Gasteiger partial charge in [0.05, 0.1) is 0 Å². The van der Waals surface area contributed by atoms with Gasteiger partial charge in [-0.05, 0) is 70.7 Å². The molecule has 94 valence electrons. The molecule has 2 rings (SSSR count). The zero-order chi connectivity index (χ0) is 11.2. The largest absolute Gasteiger partial charge is 0.316 e. The molecule has 0 bridgehead atoms. The molecule has 2 nitrogen and oxygen atoms in total. The number of piperidine rings is 1. The summed E-state index contributed by atoms with van der Waals surface area (Å²) in [6.45, 7) is 5.13. The highest BCUT2D eigenvalue weighted by Crippen LogP contribution is 2.29. The van der Waals surface area contributed by atoms with E-state index in [1.54, 1.807) is 0 Å². The molecule has 0 aromatic heterocycles. The Bertz CT molecular complexity index is 183. The summed E-state index contributed by atoms with van der Waals surface area (Å²) < 4.78 is 0. The summed E-state index contributed by atoms with van der Waals surface area (Å²) >= 11 is 0. The molecule has 1 heterocycles. The molecular formula is C14H28N2. The van der Waals surface area contributed by atoms with Crippen LogP contribution in [0.15, 0.2) is 0 Å². The molecule has 2 aliphatic rings. The van der Waals surface area contributed by atoms with E-state index in [0.717, 1.165) is 11.8 Å². The Morgan fingerprint density at radius 1 is 1.00 bits per heavy atom. The van der Waals surface area contributed by atoms with E-state index < -0.39 is 0 Å². The third kappa shape index (κ3) is 4.06. The monoisotopic (exact) mass is 224 g/mol. The van der Waals surface area contributed by atoms with Gasteiger partial charge in [0.2, 0.25) is 0 Å². The summed E-state index contributed by atoms with van der Waals surface area (Å²) in [5.74, 6) is 2.01. The van der Waals surface area contributed by atoms with E-state index in [4.69, 9.17) is 0 Å². The summed E-state index contributed by atoms with van der Waals surface area (Å²) in [5.41, 5.74) is 0.